The highest BCUT2D eigenvalue weighted by molar-refractivity contribution is 7.88. The number of benzene rings is 1. The summed E-state index contributed by atoms with van der Waals surface area (Å²) in [6.07, 6.45) is 0. The second kappa shape index (κ2) is 4.86. The zero-order valence-corrected chi connectivity index (χ0v) is 11.8. The molecule has 0 saturated heterocycles. The lowest BCUT2D eigenvalue weighted by atomic mass is 10.1. The number of hydrogen-bond donors (Lipinski definition) is 0. The number of aryl methyl sites for hydroxylation is 1. The molecule has 19 heavy (non-hydrogen) atoms. The molecule has 0 aliphatic carbocycles. The van der Waals surface area contributed by atoms with E-state index in [4.69, 9.17) is 20.2 Å². The van der Waals surface area contributed by atoms with Crippen LogP contribution in [0.1, 0.15) is 11.1 Å². The Kier molecular flexibility index (Phi) is 3.56. The molecular weight excluding hydrogens is 292 g/mol. The van der Waals surface area contributed by atoms with Crippen molar-refractivity contribution in [1.82, 2.24) is 0 Å². The molecule has 2 aromatic rings. The topological polar surface area (TPSA) is 73.6 Å². The molecule has 5 nitrogen and oxygen atoms in total. The van der Waals surface area contributed by atoms with Crippen molar-refractivity contribution in [3.8, 4) is 5.75 Å². The molecule has 0 bridgehead atoms. The van der Waals surface area contributed by atoms with Gasteiger partial charge in [0.1, 0.15) is 11.3 Å². The Bertz CT molecular complexity index is 792. The van der Waals surface area contributed by atoms with Gasteiger partial charge in [0.2, 0.25) is 0 Å². The molecule has 0 fully saturated rings. The zero-order chi connectivity index (χ0) is 14.2. The molecule has 0 aliphatic rings. The summed E-state index contributed by atoms with van der Waals surface area (Å²) in [7, 11) is -3.82. The Morgan fingerprint density at radius 1 is 1.26 bits per heavy atom. The Labute approximate surface area is 114 Å². The van der Waals surface area contributed by atoms with Gasteiger partial charge in [-0.1, -0.05) is 0 Å². The van der Waals surface area contributed by atoms with Gasteiger partial charge in [-0.2, -0.15) is 8.42 Å². The van der Waals surface area contributed by atoms with E-state index in [1.807, 2.05) is 0 Å². The number of rotatable bonds is 3. The van der Waals surface area contributed by atoms with E-state index in [0.29, 0.717) is 5.56 Å². The van der Waals surface area contributed by atoms with E-state index in [-0.39, 0.29) is 11.3 Å². The number of fused-ring (bicyclic) bond motifs is 1. The molecule has 1 heterocycles. The molecule has 102 valence electrons. The van der Waals surface area contributed by atoms with Crippen molar-refractivity contribution in [1.29, 1.82) is 0 Å². The molecule has 0 aliphatic heterocycles. The maximum absolute atomic E-state index is 11.6. The third kappa shape index (κ3) is 2.74. The van der Waals surface area contributed by atoms with Crippen LogP contribution < -0.4 is 9.81 Å². The fourth-order valence-corrected chi connectivity index (χ4v) is 2.22. The largest absolute Gasteiger partial charge is 0.422 e. The van der Waals surface area contributed by atoms with Crippen molar-refractivity contribution in [2.45, 2.75) is 13.8 Å². The van der Waals surface area contributed by atoms with Gasteiger partial charge in [0.05, 0.1) is 0 Å². The number of halogens is 1. The predicted molar refractivity (Wildman–Crippen MR) is 72.2 cm³/mol. The van der Waals surface area contributed by atoms with Crippen LogP contribution in [0.4, 0.5) is 0 Å². The van der Waals surface area contributed by atoms with Gasteiger partial charge >= 0.3 is 15.7 Å². The fourth-order valence-electron chi connectivity index (χ4n) is 1.65. The van der Waals surface area contributed by atoms with E-state index in [1.54, 1.807) is 19.9 Å². The number of alkyl halides is 1. The lowest BCUT2D eigenvalue weighted by molar-refractivity contribution is 0.490. The van der Waals surface area contributed by atoms with Crippen molar-refractivity contribution in [2.24, 2.45) is 0 Å². The van der Waals surface area contributed by atoms with Crippen LogP contribution >= 0.6 is 11.6 Å². The molecule has 0 saturated carbocycles. The average molecular weight is 303 g/mol. The van der Waals surface area contributed by atoms with Crippen molar-refractivity contribution in [2.75, 3.05) is 5.21 Å². The van der Waals surface area contributed by atoms with Gasteiger partial charge in [-0.15, -0.1) is 11.6 Å². The molecule has 0 N–H and O–H groups in total. The Morgan fingerprint density at radius 3 is 2.58 bits per heavy atom. The maximum Gasteiger partial charge on any atom is 0.339 e. The summed E-state index contributed by atoms with van der Waals surface area (Å²) in [4.78, 5) is 11.6. The molecular formula is C12H11ClO5S. The third-order valence-corrected chi connectivity index (χ3v) is 4.30. The van der Waals surface area contributed by atoms with Gasteiger partial charge in [0.25, 0.3) is 0 Å². The van der Waals surface area contributed by atoms with Crippen LogP contribution in [0, 0.1) is 13.8 Å². The molecule has 1 aromatic heterocycles. The number of hydrogen-bond acceptors (Lipinski definition) is 5. The first-order valence-electron chi connectivity index (χ1n) is 5.36. The Morgan fingerprint density at radius 2 is 1.95 bits per heavy atom. The molecule has 0 atom stereocenters. The van der Waals surface area contributed by atoms with E-state index in [1.165, 1.54) is 12.1 Å². The molecule has 0 amide bonds. The smallest absolute Gasteiger partial charge is 0.339 e. The minimum atomic E-state index is -3.82. The van der Waals surface area contributed by atoms with Crippen molar-refractivity contribution < 1.29 is 17.0 Å². The lowest BCUT2D eigenvalue weighted by Crippen LogP contribution is -2.10. The summed E-state index contributed by atoms with van der Waals surface area (Å²) in [5.41, 5.74) is 1.13. The zero-order valence-electron chi connectivity index (χ0n) is 10.3. The van der Waals surface area contributed by atoms with Crippen LogP contribution in [0.2, 0.25) is 0 Å². The summed E-state index contributed by atoms with van der Waals surface area (Å²) in [6.45, 7) is 3.47. The fraction of sp³-hybridized carbons (Fsp3) is 0.250. The van der Waals surface area contributed by atoms with Gasteiger partial charge in [-0.25, -0.2) is 4.79 Å². The van der Waals surface area contributed by atoms with Gasteiger partial charge in [0, 0.05) is 17.0 Å². The Balaban J connectivity index is 2.59. The van der Waals surface area contributed by atoms with E-state index in [9.17, 15) is 13.2 Å². The highest BCUT2D eigenvalue weighted by Gasteiger charge is 2.13. The average Bonchev–Trinajstić information content (AvgIpc) is 2.35. The van der Waals surface area contributed by atoms with Gasteiger partial charge < -0.3 is 8.60 Å². The second-order valence-electron chi connectivity index (χ2n) is 4.05. The van der Waals surface area contributed by atoms with Crippen LogP contribution in [-0.4, -0.2) is 13.6 Å². The van der Waals surface area contributed by atoms with Gasteiger partial charge in [-0.3, -0.25) is 0 Å². The molecule has 7 heteroatoms. The van der Waals surface area contributed by atoms with Crippen molar-refractivity contribution >= 4 is 32.7 Å². The highest BCUT2D eigenvalue weighted by atomic mass is 35.5. The van der Waals surface area contributed by atoms with E-state index in [2.05, 4.69) is 0 Å². The van der Waals surface area contributed by atoms with E-state index < -0.39 is 21.0 Å². The monoisotopic (exact) mass is 302 g/mol. The standard InChI is InChI=1S/C12H11ClO5S/c1-7-8(2)12(14)17-11-5-9(3-4-10(7)11)18-19(15,16)6-13/h3-5H,6H2,1-2H3. The summed E-state index contributed by atoms with van der Waals surface area (Å²) in [6, 6.07) is 4.48. The second-order valence-corrected chi connectivity index (χ2v) is 6.20. The third-order valence-electron chi connectivity index (χ3n) is 2.79. The normalized spacial score (nSPS) is 11.7. The first kappa shape index (κ1) is 13.9. The van der Waals surface area contributed by atoms with E-state index in [0.717, 1.165) is 10.9 Å². The maximum atomic E-state index is 11.6. The van der Waals surface area contributed by atoms with E-state index >= 15 is 0 Å². The molecule has 1 aromatic carbocycles. The van der Waals surface area contributed by atoms with Crippen LogP contribution in [0.3, 0.4) is 0 Å². The van der Waals surface area contributed by atoms with Gasteiger partial charge in [0.15, 0.2) is 5.21 Å². The molecule has 2 rings (SSSR count). The predicted octanol–water partition coefficient (Wildman–Crippen LogP) is 2.31. The first-order valence-corrected chi connectivity index (χ1v) is 7.47. The lowest BCUT2D eigenvalue weighted by Gasteiger charge is -2.07. The van der Waals surface area contributed by atoms with Crippen LogP contribution in [0.5, 0.6) is 5.75 Å². The van der Waals surface area contributed by atoms with Crippen molar-refractivity contribution in [3.05, 3.63) is 39.7 Å². The quantitative estimate of drug-likeness (QED) is 0.494. The molecule has 0 spiro atoms. The summed E-state index contributed by atoms with van der Waals surface area (Å²) < 4.78 is 32.3. The Hall–Kier alpha value is -1.53. The van der Waals surface area contributed by atoms with Crippen molar-refractivity contribution in [3.63, 3.8) is 0 Å². The van der Waals surface area contributed by atoms with Crippen LogP contribution in [0.15, 0.2) is 27.4 Å². The summed E-state index contributed by atoms with van der Waals surface area (Å²) >= 11 is 5.25. The molecule has 0 radical (unpaired) electrons. The van der Waals surface area contributed by atoms with Crippen LogP contribution in [0.25, 0.3) is 11.0 Å². The SMILES string of the molecule is Cc1c(C)c2ccc(OS(=O)(=O)CCl)cc2oc1=O. The highest BCUT2D eigenvalue weighted by Crippen LogP contribution is 2.24. The van der Waals surface area contributed by atoms with Gasteiger partial charge in [-0.05, 0) is 31.5 Å². The first-order chi connectivity index (χ1) is 8.84. The minimum absolute atomic E-state index is 0.0551. The summed E-state index contributed by atoms with van der Waals surface area (Å²) in [5, 5.41) is 0.0785. The minimum Gasteiger partial charge on any atom is -0.422 e. The van der Waals surface area contributed by atoms with Crippen LogP contribution in [-0.2, 0) is 10.1 Å². The summed E-state index contributed by atoms with van der Waals surface area (Å²) in [5.74, 6) is 0.0551. The molecule has 0 unspecified atom stereocenters.